The Morgan fingerprint density at radius 3 is 2.08 bits per heavy atom. The molecule has 2 N–H and O–H groups in total. The van der Waals surface area contributed by atoms with Crippen molar-refractivity contribution in [3.05, 3.63) is 17.7 Å². The van der Waals surface area contributed by atoms with Gasteiger partial charge >= 0.3 is 0 Å². The van der Waals surface area contributed by atoms with Gasteiger partial charge in [-0.1, -0.05) is 0 Å². The second-order valence-electron chi connectivity index (χ2n) is 8.40. The molecule has 0 amide bonds. The van der Waals surface area contributed by atoms with Crippen molar-refractivity contribution < 1.29 is 24.0 Å². The predicted octanol–water partition coefficient (Wildman–Crippen LogP) is 0.184. The molecule has 3 fully saturated rings. The van der Waals surface area contributed by atoms with Crippen LogP contribution in [0.4, 0.5) is 0 Å². The van der Waals surface area contributed by atoms with Gasteiger partial charge in [0.25, 0.3) is 0 Å². The summed E-state index contributed by atoms with van der Waals surface area (Å²) >= 11 is 0. The topological polar surface area (TPSA) is 36.6 Å². The third-order valence-corrected chi connectivity index (χ3v) is 7.04. The first-order valence-corrected chi connectivity index (χ1v) is 10.2. The molecule has 1 aromatic carbocycles. The molecule has 1 heterocycles. The number of methoxy groups -OCH3 is 3. The lowest BCUT2D eigenvalue weighted by atomic mass is 9.93. The van der Waals surface area contributed by atoms with Gasteiger partial charge in [-0.15, -0.1) is 0 Å². The van der Waals surface area contributed by atoms with E-state index in [4.69, 9.17) is 14.2 Å². The fourth-order valence-electron chi connectivity index (χ4n) is 5.74. The van der Waals surface area contributed by atoms with Crippen molar-refractivity contribution in [2.75, 3.05) is 47.5 Å². The lowest BCUT2D eigenvalue weighted by Crippen LogP contribution is -3.29. The summed E-state index contributed by atoms with van der Waals surface area (Å²) in [7, 11) is 5.03. The Bertz CT molecular complexity index is 603. The maximum absolute atomic E-state index is 5.50. The zero-order valence-corrected chi connectivity index (χ0v) is 16.5. The minimum Gasteiger partial charge on any atom is -0.493 e. The Morgan fingerprint density at radius 2 is 1.58 bits per heavy atom. The summed E-state index contributed by atoms with van der Waals surface area (Å²) in [6.45, 7) is 6.21. The average molecular weight is 363 g/mol. The van der Waals surface area contributed by atoms with E-state index in [-0.39, 0.29) is 0 Å². The Morgan fingerprint density at radius 1 is 0.885 bits per heavy atom. The Balaban J connectivity index is 1.37. The van der Waals surface area contributed by atoms with Gasteiger partial charge in [0, 0.05) is 17.9 Å². The Kier molecular flexibility index (Phi) is 5.28. The smallest absolute Gasteiger partial charge is 0.203 e. The van der Waals surface area contributed by atoms with E-state index in [2.05, 4.69) is 12.1 Å². The maximum Gasteiger partial charge on any atom is 0.203 e. The van der Waals surface area contributed by atoms with Gasteiger partial charge in [-0.3, -0.25) is 0 Å². The van der Waals surface area contributed by atoms with Crippen molar-refractivity contribution in [2.45, 2.75) is 38.3 Å². The molecule has 4 rings (SSSR count). The zero-order chi connectivity index (χ0) is 18.1. The van der Waals surface area contributed by atoms with Crippen LogP contribution in [0.1, 0.15) is 31.2 Å². The summed E-state index contributed by atoms with van der Waals surface area (Å²) in [4.78, 5) is 3.57. The van der Waals surface area contributed by atoms with E-state index in [9.17, 15) is 0 Å². The molecule has 0 aromatic heterocycles. The number of fused-ring (bicyclic) bond motifs is 2. The average Bonchev–Trinajstić information content (AvgIpc) is 3.31. The van der Waals surface area contributed by atoms with Crippen LogP contribution in [-0.2, 0) is 6.54 Å². The summed E-state index contributed by atoms with van der Waals surface area (Å²) in [6.07, 6.45) is 6.03. The molecular weight excluding hydrogens is 328 g/mol. The molecule has 1 saturated heterocycles. The normalized spacial score (nSPS) is 33.3. The first-order chi connectivity index (χ1) is 12.7. The van der Waals surface area contributed by atoms with E-state index in [0.29, 0.717) is 5.75 Å². The minimum atomic E-state index is 0.680. The lowest BCUT2D eigenvalue weighted by molar-refractivity contribution is -1.03. The second-order valence-corrected chi connectivity index (χ2v) is 8.40. The van der Waals surface area contributed by atoms with Crippen LogP contribution in [0.2, 0.25) is 0 Å². The first kappa shape index (κ1) is 17.9. The third-order valence-electron chi connectivity index (χ3n) is 7.04. The molecule has 0 spiro atoms. The fourth-order valence-corrected chi connectivity index (χ4v) is 5.74. The quantitative estimate of drug-likeness (QED) is 0.758. The van der Waals surface area contributed by atoms with Gasteiger partial charge in [-0.05, 0) is 37.3 Å². The number of piperazine rings is 1. The van der Waals surface area contributed by atoms with E-state index in [1.54, 1.807) is 26.2 Å². The number of quaternary nitrogens is 2. The van der Waals surface area contributed by atoms with Gasteiger partial charge in [-0.25, -0.2) is 0 Å². The highest BCUT2D eigenvalue weighted by Gasteiger charge is 2.46. The number of rotatable bonds is 6. The van der Waals surface area contributed by atoms with Crippen LogP contribution in [0, 0.1) is 11.8 Å². The summed E-state index contributed by atoms with van der Waals surface area (Å²) in [5.41, 5.74) is 1.26. The minimum absolute atomic E-state index is 0.680. The highest BCUT2D eigenvalue weighted by molar-refractivity contribution is 5.53. The first-order valence-electron chi connectivity index (χ1n) is 10.2. The SMILES string of the molecule is COc1cc(C[NH+]2CC[NH+]([C@@H]3C[C@H]4CC[C@@H]3C4)CC2)cc(OC)c1OC. The van der Waals surface area contributed by atoms with Crippen LogP contribution in [-0.4, -0.2) is 53.6 Å². The van der Waals surface area contributed by atoms with Gasteiger partial charge in [0.1, 0.15) is 32.7 Å². The standard InChI is InChI=1S/C21H32N2O3/c1-24-19-12-16(13-20(25-2)21(19)26-3)14-22-6-8-23(9-7-22)18-11-15-4-5-17(18)10-15/h12-13,15,17-18H,4-11,14H2,1-3H3/p+2/t15-,17+,18+/m0/s1. The molecule has 144 valence electrons. The van der Waals surface area contributed by atoms with Crippen LogP contribution in [0.25, 0.3) is 0 Å². The van der Waals surface area contributed by atoms with Gasteiger partial charge in [-0.2, -0.15) is 0 Å². The summed E-state index contributed by atoms with van der Waals surface area (Å²) in [6, 6.07) is 5.17. The van der Waals surface area contributed by atoms with Crippen molar-refractivity contribution in [1.82, 2.24) is 0 Å². The summed E-state index contributed by atoms with van der Waals surface area (Å²) < 4.78 is 16.4. The molecule has 3 aliphatic rings. The van der Waals surface area contributed by atoms with Crippen LogP contribution >= 0.6 is 0 Å². The molecule has 1 aliphatic heterocycles. The molecule has 0 radical (unpaired) electrons. The van der Waals surface area contributed by atoms with E-state index >= 15 is 0 Å². The number of benzene rings is 1. The number of hydrogen-bond donors (Lipinski definition) is 2. The van der Waals surface area contributed by atoms with E-state index in [1.807, 2.05) is 4.90 Å². The van der Waals surface area contributed by atoms with E-state index < -0.39 is 0 Å². The van der Waals surface area contributed by atoms with Crippen molar-refractivity contribution in [1.29, 1.82) is 0 Å². The highest BCUT2D eigenvalue weighted by Crippen LogP contribution is 2.43. The van der Waals surface area contributed by atoms with Crippen molar-refractivity contribution in [3.8, 4) is 17.2 Å². The molecule has 26 heavy (non-hydrogen) atoms. The lowest BCUT2D eigenvalue weighted by Gasteiger charge is -2.36. The predicted molar refractivity (Wildman–Crippen MR) is 100 cm³/mol. The van der Waals surface area contributed by atoms with E-state index in [1.165, 1.54) is 57.4 Å². The molecule has 5 nitrogen and oxygen atoms in total. The molecule has 2 saturated carbocycles. The van der Waals surface area contributed by atoms with Crippen molar-refractivity contribution >= 4 is 0 Å². The monoisotopic (exact) mass is 362 g/mol. The molecule has 2 aliphatic carbocycles. The largest absolute Gasteiger partial charge is 0.493 e. The van der Waals surface area contributed by atoms with Gasteiger partial charge in [0.15, 0.2) is 11.5 Å². The zero-order valence-electron chi connectivity index (χ0n) is 16.5. The third kappa shape index (κ3) is 3.39. The maximum atomic E-state index is 5.50. The van der Waals surface area contributed by atoms with Crippen LogP contribution < -0.4 is 24.0 Å². The van der Waals surface area contributed by atoms with Crippen LogP contribution in [0.5, 0.6) is 17.2 Å². The van der Waals surface area contributed by atoms with Crippen molar-refractivity contribution in [2.24, 2.45) is 11.8 Å². The van der Waals surface area contributed by atoms with Gasteiger partial charge < -0.3 is 24.0 Å². The second kappa shape index (κ2) is 7.65. The molecule has 1 aromatic rings. The van der Waals surface area contributed by atoms with Gasteiger partial charge in [0.2, 0.25) is 5.75 Å². The van der Waals surface area contributed by atoms with Crippen LogP contribution in [0.3, 0.4) is 0 Å². The van der Waals surface area contributed by atoms with Crippen LogP contribution in [0.15, 0.2) is 12.1 Å². The Hall–Kier alpha value is -1.46. The molecule has 0 unspecified atom stereocenters. The summed E-state index contributed by atoms with van der Waals surface area (Å²) in [5.74, 6) is 4.29. The number of hydrogen-bond acceptors (Lipinski definition) is 3. The van der Waals surface area contributed by atoms with Crippen molar-refractivity contribution in [3.63, 3.8) is 0 Å². The Labute approximate surface area is 157 Å². The molecule has 2 bridgehead atoms. The molecule has 5 heteroatoms. The highest BCUT2D eigenvalue weighted by atomic mass is 16.5. The molecular formula is C21H34N2O3+2. The number of nitrogens with one attached hydrogen (secondary N) is 2. The summed E-state index contributed by atoms with van der Waals surface area (Å²) in [5, 5.41) is 0. The van der Waals surface area contributed by atoms with Gasteiger partial charge in [0.05, 0.1) is 27.4 Å². The van der Waals surface area contributed by atoms with E-state index in [0.717, 1.165) is 35.9 Å². The fraction of sp³-hybridized carbons (Fsp3) is 0.714. The number of ether oxygens (including phenoxy) is 3. The molecule has 3 atom stereocenters.